The molecule has 0 aliphatic heterocycles. The largest absolute Gasteiger partial charge is 0.363 e. The van der Waals surface area contributed by atoms with Gasteiger partial charge in [0.1, 0.15) is 6.04 Å². The van der Waals surface area contributed by atoms with Crippen LogP contribution < -0.4 is 11.2 Å². The summed E-state index contributed by atoms with van der Waals surface area (Å²) in [5.74, 6) is -0.229. The Hall–Kier alpha value is -1.33. The number of hydrogen-bond acceptors (Lipinski definition) is 3. The molecule has 0 aliphatic rings. The van der Waals surface area contributed by atoms with E-state index < -0.39 is 6.04 Å². The third kappa shape index (κ3) is 2.57. The summed E-state index contributed by atoms with van der Waals surface area (Å²) >= 11 is 0. The zero-order chi connectivity index (χ0) is 9.84. The molecule has 1 heterocycles. The molecule has 0 fully saturated rings. The van der Waals surface area contributed by atoms with Crippen LogP contribution in [0.5, 0.6) is 0 Å². The lowest BCUT2D eigenvalue weighted by Crippen LogP contribution is -2.42. The summed E-state index contributed by atoms with van der Waals surface area (Å²) in [4.78, 5) is 14.2. The molecule has 0 saturated carbocycles. The number of nitrogens with one attached hydrogen (secondary N) is 2. The smallest absolute Gasteiger partial charge is 0.257 e. The van der Waals surface area contributed by atoms with Crippen molar-refractivity contribution in [2.75, 3.05) is 14.1 Å². The number of nitrogens with two attached hydrogens (primary N) is 1. The molecule has 13 heavy (non-hydrogen) atoms. The first-order valence-electron chi connectivity index (χ1n) is 3.98. The molecule has 0 bridgehead atoms. The Kier molecular flexibility index (Phi) is 3.05. The van der Waals surface area contributed by atoms with Crippen molar-refractivity contribution < 1.29 is 4.79 Å². The average molecular weight is 182 g/mol. The Balaban J connectivity index is 2.58. The molecule has 1 amide bonds. The minimum Gasteiger partial charge on any atom is -0.363 e. The van der Waals surface area contributed by atoms with Crippen molar-refractivity contribution in [3.63, 3.8) is 0 Å². The van der Waals surface area contributed by atoms with E-state index in [0.717, 1.165) is 0 Å². The second kappa shape index (κ2) is 4.06. The van der Waals surface area contributed by atoms with Gasteiger partial charge < -0.3 is 10.7 Å². The molecule has 1 unspecified atom stereocenters. The average Bonchev–Trinajstić information content (AvgIpc) is 2.53. The Labute approximate surface area is 76.9 Å². The predicted molar refractivity (Wildman–Crippen MR) is 49.6 cm³/mol. The Morgan fingerprint density at radius 3 is 2.85 bits per heavy atom. The minimum atomic E-state index is -0.641. The Bertz CT molecular complexity index is 268. The van der Waals surface area contributed by atoms with Gasteiger partial charge in [-0.05, 0) is 12.1 Å². The highest BCUT2D eigenvalue weighted by atomic mass is 16.2. The number of rotatable bonds is 3. The highest BCUT2D eigenvalue weighted by Gasteiger charge is 2.16. The van der Waals surface area contributed by atoms with E-state index in [-0.39, 0.29) is 5.91 Å². The van der Waals surface area contributed by atoms with Gasteiger partial charge in [-0.2, -0.15) is 0 Å². The molecule has 1 aromatic heterocycles. The number of aromatic nitrogens is 1. The van der Waals surface area contributed by atoms with E-state index in [9.17, 15) is 4.79 Å². The van der Waals surface area contributed by atoms with E-state index in [1.54, 1.807) is 37.4 Å². The summed E-state index contributed by atoms with van der Waals surface area (Å²) in [6.07, 6.45) is 1.73. The zero-order valence-corrected chi connectivity index (χ0v) is 7.74. The molecule has 0 radical (unpaired) electrons. The van der Waals surface area contributed by atoms with Gasteiger partial charge >= 0.3 is 0 Å². The second-order valence-corrected chi connectivity index (χ2v) is 2.97. The number of hydrogen-bond donors (Lipinski definition) is 3. The van der Waals surface area contributed by atoms with Crippen molar-refractivity contribution >= 4 is 5.91 Å². The zero-order valence-electron chi connectivity index (χ0n) is 7.74. The molecule has 1 atom stereocenters. The summed E-state index contributed by atoms with van der Waals surface area (Å²) in [5, 5.41) is 1.56. The monoisotopic (exact) mass is 182 g/mol. The number of amides is 1. The van der Waals surface area contributed by atoms with Crippen LogP contribution in [0.15, 0.2) is 18.3 Å². The first kappa shape index (κ1) is 9.76. The molecule has 5 nitrogen and oxygen atoms in total. The molecule has 72 valence electrons. The van der Waals surface area contributed by atoms with Gasteiger partial charge in [-0.15, -0.1) is 0 Å². The summed E-state index contributed by atoms with van der Waals surface area (Å²) in [6, 6.07) is 2.94. The van der Waals surface area contributed by atoms with Gasteiger partial charge in [0.05, 0.1) is 0 Å². The first-order chi connectivity index (χ1) is 6.11. The van der Waals surface area contributed by atoms with Crippen LogP contribution in [0.2, 0.25) is 0 Å². The van der Waals surface area contributed by atoms with Crippen LogP contribution in [0, 0.1) is 0 Å². The van der Waals surface area contributed by atoms with Crippen molar-refractivity contribution in [2.45, 2.75) is 6.04 Å². The van der Waals surface area contributed by atoms with Gasteiger partial charge in [0.25, 0.3) is 5.91 Å². The molecular formula is C8H14N4O. The fourth-order valence-corrected chi connectivity index (χ4v) is 0.969. The maximum absolute atomic E-state index is 11.4. The van der Waals surface area contributed by atoms with Gasteiger partial charge in [-0.1, -0.05) is 0 Å². The Morgan fingerprint density at radius 1 is 1.69 bits per heavy atom. The lowest BCUT2D eigenvalue weighted by molar-refractivity contribution is -0.126. The summed E-state index contributed by atoms with van der Waals surface area (Å²) in [5.41, 5.74) is 8.95. The number of nitrogens with zero attached hydrogens (tertiary/aromatic N) is 1. The van der Waals surface area contributed by atoms with E-state index >= 15 is 0 Å². The summed E-state index contributed by atoms with van der Waals surface area (Å²) < 4.78 is 0. The summed E-state index contributed by atoms with van der Waals surface area (Å²) in [6.45, 7) is 0. The molecule has 1 rings (SSSR count). The molecule has 4 N–H and O–H groups in total. The maximum Gasteiger partial charge on any atom is 0.257 e. The molecular weight excluding hydrogens is 168 g/mol. The van der Waals surface area contributed by atoms with Gasteiger partial charge in [0.15, 0.2) is 0 Å². The van der Waals surface area contributed by atoms with Crippen LogP contribution in [-0.4, -0.2) is 30.0 Å². The van der Waals surface area contributed by atoms with Crippen LogP contribution in [0.3, 0.4) is 0 Å². The van der Waals surface area contributed by atoms with E-state index in [1.807, 2.05) is 0 Å². The van der Waals surface area contributed by atoms with Crippen LogP contribution in [0.1, 0.15) is 11.7 Å². The third-order valence-electron chi connectivity index (χ3n) is 1.57. The molecule has 0 saturated heterocycles. The third-order valence-corrected chi connectivity index (χ3v) is 1.57. The molecule has 0 aromatic carbocycles. The van der Waals surface area contributed by atoms with Gasteiger partial charge in [0, 0.05) is 26.0 Å². The molecule has 0 aliphatic carbocycles. The van der Waals surface area contributed by atoms with E-state index in [2.05, 4.69) is 10.4 Å². The standard InChI is InChI=1S/C8H14N4O/c1-12(2)11-8(13)7(9)6-4-3-5-10-6/h3-5,7,10H,9H2,1-2H3,(H,11,13). The maximum atomic E-state index is 11.4. The quantitative estimate of drug-likeness (QED) is 0.557. The number of H-pyrrole nitrogens is 1. The predicted octanol–water partition coefficient (Wildman–Crippen LogP) is -0.393. The lowest BCUT2D eigenvalue weighted by atomic mass is 10.2. The van der Waals surface area contributed by atoms with Crippen LogP contribution in [-0.2, 0) is 4.79 Å². The van der Waals surface area contributed by atoms with Crippen molar-refractivity contribution in [2.24, 2.45) is 5.73 Å². The SMILES string of the molecule is CN(C)NC(=O)C(N)c1ccc[nH]1. The van der Waals surface area contributed by atoms with Crippen molar-refractivity contribution in [1.82, 2.24) is 15.4 Å². The van der Waals surface area contributed by atoms with Crippen LogP contribution in [0.25, 0.3) is 0 Å². The van der Waals surface area contributed by atoms with Gasteiger partial charge in [0.2, 0.25) is 0 Å². The van der Waals surface area contributed by atoms with E-state index in [0.29, 0.717) is 5.69 Å². The second-order valence-electron chi connectivity index (χ2n) is 2.97. The van der Waals surface area contributed by atoms with E-state index in [4.69, 9.17) is 5.73 Å². The van der Waals surface area contributed by atoms with Gasteiger partial charge in [-0.3, -0.25) is 10.2 Å². The number of carbonyl (C=O) groups is 1. The van der Waals surface area contributed by atoms with Crippen molar-refractivity contribution in [3.05, 3.63) is 24.0 Å². The van der Waals surface area contributed by atoms with Crippen molar-refractivity contribution in [1.29, 1.82) is 0 Å². The molecule has 0 spiro atoms. The van der Waals surface area contributed by atoms with Crippen LogP contribution in [0.4, 0.5) is 0 Å². The highest BCUT2D eigenvalue weighted by Crippen LogP contribution is 2.06. The normalized spacial score (nSPS) is 12.9. The highest BCUT2D eigenvalue weighted by molar-refractivity contribution is 5.81. The fourth-order valence-electron chi connectivity index (χ4n) is 0.969. The molecule has 5 heteroatoms. The minimum absolute atomic E-state index is 0.229. The Morgan fingerprint density at radius 2 is 2.38 bits per heavy atom. The van der Waals surface area contributed by atoms with Gasteiger partial charge in [-0.25, -0.2) is 5.01 Å². The fraction of sp³-hybridized carbons (Fsp3) is 0.375. The number of aromatic amines is 1. The lowest BCUT2D eigenvalue weighted by Gasteiger charge is -2.15. The first-order valence-corrected chi connectivity index (χ1v) is 3.98. The summed E-state index contributed by atoms with van der Waals surface area (Å²) in [7, 11) is 3.47. The van der Waals surface area contributed by atoms with E-state index in [1.165, 1.54) is 0 Å². The number of hydrazine groups is 1. The topological polar surface area (TPSA) is 74.2 Å². The molecule has 1 aromatic rings. The van der Waals surface area contributed by atoms with Crippen molar-refractivity contribution in [3.8, 4) is 0 Å². The van der Waals surface area contributed by atoms with Crippen LogP contribution >= 0.6 is 0 Å². The number of carbonyl (C=O) groups excluding carboxylic acids is 1.